The Hall–Kier alpha value is -0.160. The lowest BCUT2D eigenvalue weighted by atomic mass is 9.75. The normalized spacial score (nSPS) is 19.7. The molecule has 0 aliphatic heterocycles. The van der Waals surface area contributed by atoms with Gasteiger partial charge in [-0.2, -0.15) is 9.78 Å². The van der Waals surface area contributed by atoms with Crippen molar-refractivity contribution in [2.24, 2.45) is 5.41 Å². The van der Waals surface area contributed by atoms with Crippen molar-refractivity contribution in [2.75, 3.05) is 0 Å². The summed E-state index contributed by atoms with van der Waals surface area (Å²) in [5.74, 6) is -0.806. The highest BCUT2D eigenvalue weighted by Gasteiger charge is 2.45. The van der Waals surface area contributed by atoms with Crippen molar-refractivity contribution in [1.29, 1.82) is 0 Å². The minimum atomic E-state index is -0.806. The van der Waals surface area contributed by atoms with Crippen LogP contribution in [-0.2, 0) is 19.6 Å². The molecule has 0 N–H and O–H groups in total. The Morgan fingerprint density at radius 3 is 1.39 bits per heavy atom. The Morgan fingerprint density at radius 1 is 0.643 bits per heavy atom. The van der Waals surface area contributed by atoms with Crippen LogP contribution >= 0.6 is 0 Å². The van der Waals surface area contributed by atoms with Crippen LogP contribution in [0.25, 0.3) is 0 Å². The molecule has 0 heterocycles. The first-order valence-corrected chi connectivity index (χ1v) is 11.7. The van der Waals surface area contributed by atoms with Gasteiger partial charge in [0.1, 0.15) is 0 Å². The molecule has 0 aromatic heterocycles. The predicted octanol–water partition coefficient (Wildman–Crippen LogP) is 7.90. The molecular formula is C24H48O4. The van der Waals surface area contributed by atoms with E-state index in [4.69, 9.17) is 19.6 Å². The summed E-state index contributed by atoms with van der Waals surface area (Å²) < 4.78 is 0. The zero-order chi connectivity index (χ0) is 21.3. The molecule has 168 valence electrons. The second kappa shape index (κ2) is 11.3. The van der Waals surface area contributed by atoms with Gasteiger partial charge in [0, 0.05) is 12.8 Å². The molecule has 1 aliphatic rings. The summed E-state index contributed by atoms with van der Waals surface area (Å²) in [6.07, 6.45) is 12.8. The van der Waals surface area contributed by atoms with Gasteiger partial charge in [0.15, 0.2) is 0 Å². The maximum atomic E-state index is 6.03. The molecule has 0 aromatic carbocycles. The standard InChI is InChI=1S/C24H48O4/c1-9-11-13-15-22(5,6)25-27-24(19-17-21(3,4)18-20-24)28-26-23(7,8)16-14-12-10-2/h9-20H2,1-8H3. The van der Waals surface area contributed by atoms with E-state index in [1.54, 1.807) is 0 Å². The number of hydrogen-bond donors (Lipinski definition) is 0. The lowest BCUT2D eigenvalue weighted by Gasteiger charge is -2.43. The Morgan fingerprint density at radius 2 is 1.04 bits per heavy atom. The zero-order valence-corrected chi connectivity index (χ0v) is 20.1. The van der Waals surface area contributed by atoms with Crippen LogP contribution in [0.5, 0.6) is 0 Å². The fourth-order valence-corrected chi connectivity index (χ4v) is 3.55. The van der Waals surface area contributed by atoms with Crippen LogP contribution in [0, 0.1) is 5.41 Å². The van der Waals surface area contributed by atoms with Gasteiger partial charge in [0.2, 0.25) is 5.79 Å². The number of unbranched alkanes of at least 4 members (excludes halogenated alkanes) is 4. The van der Waals surface area contributed by atoms with Crippen LogP contribution in [-0.4, -0.2) is 17.0 Å². The average Bonchev–Trinajstić information content (AvgIpc) is 2.61. The largest absolute Gasteiger partial charge is 0.234 e. The molecule has 4 nitrogen and oxygen atoms in total. The van der Waals surface area contributed by atoms with Gasteiger partial charge in [-0.25, -0.2) is 9.78 Å². The molecule has 0 aromatic rings. The van der Waals surface area contributed by atoms with Crippen molar-refractivity contribution in [3.8, 4) is 0 Å². The van der Waals surface area contributed by atoms with Gasteiger partial charge >= 0.3 is 0 Å². The second-order valence-electron chi connectivity index (χ2n) is 10.8. The van der Waals surface area contributed by atoms with Crippen molar-refractivity contribution in [1.82, 2.24) is 0 Å². The molecular weight excluding hydrogens is 352 g/mol. The summed E-state index contributed by atoms with van der Waals surface area (Å²) >= 11 is 0. The Bertz CT molecular complexity index is 390. The highest BCUT2D eigenvalue weighted by Crippen LogP contribution is 2.44. The predicted molar refractivity (Wildman–Crippen MR) is 116 cm³/mol. The molecule has 0 radical (unpaired) electrons. The molecule has 0 bridgehead atoms. The van der Waals surface area contributed by atoms with Crippen LogP contribution in [0.4, 0.5) is 0 Å². The first-order chi connectivity index (χ1) is 12.9. The molecule has 28 heavy (non-hydrogen) atoms. The van der Waals surface area contributed by atoms with Crippen LogP contribution in [0.15, 0.2) is 0 Å². The van der Waals surface area contributed by atoms with E-state index in [1.165, 1.54) is 25.7 Å². The van der Waals surface area contributed by atoms with Gasteiger partial charge < -0.3 is 0 Å². The first kappa shape index (κ1) is 25.9. The van der Waals surface area contributed by atoms with Gasteiger partial charge in [-0.1, -0.05) is 66.2 Å². The van der Waals surface area contributed by atoms with E-state index in [1.807, 2.05) is 0 Å². The van der Waals surface area contributed by atoms with Crippen LogP contribution in [0.2, 0.25) is 0 Å². The first-order valence-electron chi connectivity index (χ1n) is 11.7. The Balaban J connectivity index is 2.68. The van der Waals surface area contributed by atoms with Crippen molar-refractivity contribution in [2.45, 2.75) is 149 Å². The molecule has 0 unspecified atom stereocenters. The van der Waals surface area contributed by atoms with Crippen molar-refractivity contribution >= 4 is 0 Å². The fraction of sp³-hybridized carbons (Fsp3) is 1.00. The van der Waals surface area contributed by atoms with E-state index in [-0.39, 0.29) is 11.2 Å². The van der Waals surface area contributed by atoms with Gasteiger partial charge in [-0.15, -0.1) is 0 Å². The summed E-state index contributed by atoms with van der Waals surface area (Å²) in [6.45, 7) is 17.4. The molecule has 0 spiro atoms. The lowest BCUT2D eigenvalue weighted by Crippen LogP contribution is -2.45. The third-order valence-corrected chi connectivity index (χ3v) is 5.97. The summed E-state index contributed by atoms with van der Waals surface area (Å²) in [7, 11) is 0. The third-order valence-electron chi connectivity index (χ3n) is 5.97. The van der Waals surface area contributed by atoms with Crippen LogP contribution < -0.4 is 0 Å². The molecule has 0 atom stereocenters. The second-order valence-corrected chi connectivity index (χ2v) is 10.8. The Labute approximate surface area is 174 Å². The summed E-state index contributed by atoms with van der Waals surface area (Å²) in [4.78, 5) is 24.0. The molecule has 4 heteroatoms. The fourth-order valence-electron chi connectivity index (χ4n) is 3.55. The van der Waals surface area contributed by atoms with E-state index in [9.17, 15) is 0 Å². The van der Waals surface area contributed by atoms with Gasteiger partial charge in [-0.3, -0.25) is 0 Å². The third kappa shape index (κ3) is 10.0. The van der Waals surface area contributed by atoms with Crippen LogP contribution in [0.3, 0.4) is 0 Å². The zero-order valence-electron chi connectivity index (χ0n) is 20.1. The lowest BCUT2D eigenvalue weighted by molar-refractivity contribution is -0.549. The molecule has 0 amide bonds. The maximum Gasteiger partial charge on any atom is 0.234 e. The van der Waals surface area contributed by atoms with Crippen LogP contribution in [0.1, 0.15) is 132 Å². The average molecular weight is 401 g/mol. The molecule has 0 saturated heterocycles. The van der Waals surface area contributed by atoms with E-state index >= 15 is 0 Å². The minimum Gasteiger partial charge on any atom is -0.228 e. The Kier molecular flexibility index (Phi) is 10.4. The van der Waals surface area contributed by atoms with Crippen molar-refractivity contribution in [3.63, 3.8) is 0 Å². The summed E-state index contributed by atoms with van der Waals surface area (Å²) in [6, 6.07) is 0. The van der Waals surface area contributed by atoms with Gasteiger partial charge in [0.25, 0.3) is 0 Å². The number of rotatable bonds is 14. The molecule has 1 saturated carbocycles. The molecule has 1 rings (SSSR count). The van der Waals surface area contributed by atoms with E-state index < -0.39 is 5.79 Å². The topological polar surface area (TPSA) is 36.9 Å². The van der Waals surface area contributed by atoms with E-state index in [0.717, 1.165) is 51.4 Å². The van der Waals surface area contributed by atoms with E-state index in [0.29, 0.717) is 5.41 Å². The summed E-state index contributed by atoms with van der Waals surface area (Å²) in [5.41, 5.74) is -0.339. The highest BCUT2D eigenvalue weighted by molar-refractivity contribution is 4.84. The smallest absolute Gasteiger partial charge is 0.228 e. The highest BCUT2D eigenvalue weighted by atomic mass is 17.3. The maximum absolute atomic E-state index is 6.03. The van der Waals surface area contributed by atoms with Gasteiger partial charge in [-0.05, 0) is 58.8 Å². The van der Waals surface area contributed by atoms with Crippen molar-refractivity contribution < 1.29 is 19.6 Å². The molecule has 1 aliphatic carbocycles. The SMILES string of the molecule is CCCCCC(C)(C)OOC1(OOC(C)(C)CCCCC)CCC(C)(C)CC1. The minimum absolute atomic E-state index is 0.309. The number of hydrogen-bond acceptors (Lipinski definition) is 4. The van der Waals surface area contributed by atoms with E-state index in [2.05, 4.69) is 55.4 Å². The molecule has 1 fully saturated rings. The quantitative estimate of drug-likeness (QED) is 0.128. The van der Waals surface area contributed by atoms with Crippen molar-refractivity contribution in [3.05, 3.63) is 0 Å². The monoisotopic (exact) mass is 400 g/mol. The summed E-state index contributed by atoms with van der Waals surface area (Å²) in [5, 5.41) is 0. The van der Waals surface area contributed by atoms with Gasteiger partial charge in [0.05, 0.1) is 11.2 Å².